The van der Waals surface area contributed by atoms with Crippen molar-refractivity contribution in [2.24, 2.45) is 4.99 Å². The van der Waals surface area contributed by atoms with Gasteiger partial charge in [0.2, 0.25) is 0 Å². The topological polar surface area (TPSA) is 65.0 Å². The molecule has 0 spiro atoms. The summed E-state index contributed by atoms with van der Waals surface area (Å²) in [6.07, 6.45) is 15.2. The van der Waals surface area contributed by atoms with Crippen molar-refractivity contribution in [3.05, 3.63) is 148 Å². The molecule has 4 nitrogen and oxygen atoms in total. The minimum Gasteiger partial charge on any atom is -0.344 e. The molecule has 1 aliphatic carbocycles. The van der Waals surface area contributed by atoms with Crippen molar-refractivity contribution in [2.75, 3.05) is 11.4 Å². The molecule has 2 heterocycles. The summed E-state index contributed by atoms with van der Waals surface area (Å²) in [6.45, 7) is 16.3. The van der Waals surface area contributed by atoms with E-state index in [1.54, 1.807) is 11.8 Å². The first-order chi connectivity index (χ1) is 24.5. The molecule has 3 aromatic carbocycles. The second-order valence-electron chi connectivity index (χ2n) is 14.3. The minimum absolute atomic E-state index is 0.0970. The van der Waals surface area contributed by atoms with Gasteiger partial charge >= 0.3 is 0 Å². The number of rotatable bonds is 10. The fourth-order valence-electron chi connectivity index (χ4n) is 7.10. The molecule has 0 unspecified atom stereocenters. The fourth-order valence-corrected chi connectivity index (χ4v) is 10.1. The number of thioether (sulfide) groups is 3. The quantitative estimate of drug-likeness (QED) is 0.161. The molecule has 0 saturated carbocycles. The van der Waals surface area contributed by atoms with Crippen LogP contribution in [0.4, 0.5) is 11.4 Å². The fraction of sp³-hybridized carbons (Fsp3) is 0.295. The molecule has 3 aromatic rings. The lowest BCUT2D eigenvalue weighted by Gasteiger charge is -2.27. The molecular formula is C44H49N4S3+. The van der Waals surface area contributed by atoms with E-state index in [0.29, 0.717) is 8.75 Å². The number of aliphatic imine (C=N–C) groups is 1. The SMILES string of the molecule is C=Cc1ccc(CSC(=N)SC(=[NH2+])SC2=C(/C=C/C3=Nc4ccccc4C3(C)C)CC/C2=C\C=C2\N(CCCC)c3ccccc3C2(C)C)cc1. The molecule has 0 atom stereocenters. The van der Waals surface area contributed by atoms with Gasteiger partial charge in [0, 0.05) is 51.2 Å². The summed E-state index contributed by atoms with van der Waals surface area (Å²) < 4.78 is 1.16. The number of fused-ring (bicyclic) bond motifs is 2. The Bertz CT molecular complexity index is 1990. The molecule has 6 rings (SSSR count). The van der Waals surface area contributed by atoms with Gasteiger partial charge in [-0.1, -0.05) is 138 Å². The van der Waals surface area contributed by atoms with E-state index in [2.05, 4.69) is 143 Å². The number of para-hydroxylation sites is 2. The normalized spacial score (nSPS) is 18.8. The largest absolute Gasteiger partial charge is 0.344 e. The molecule has 0 saturated heterocycles. The Hall–Kier alpha value is -3.78. The Morgan fingerprint density at radius 3 is 2.37 bits per heavy atom. The lowest BCUT2D eigenvalue weighted by atomic mass is 9.81. The van der Waals surface area contributed by atoms with Gasteiger partial charge in [-0.05, 0) is 88.7 Å². The molecule has 0 amide bonds. The third kappa shape index (κ3) is 8.01. The first-order valence-corrected chi connectivity index (χ1v) is 20.4. The Morgan fingerprint density at radius 2 is 1.65 bits per heavy atom. The van der Waals surface area contributed by atoms with E-state index in [9.17, 15) is 0 Å². The van der Waals surface area contributed by atoms with Crippen LogP contribution in [-0.4, -0.2) is 21.0 Å². The average Bonchev–Trinajstić information content (AvgIpc) is 3.70. The van der Waals surface area contributed by atoms with Gasteiger partial charge in [-0.2, -0.15) is 0 Å². The third-order valence-electron chi connectivity index (χ3n) is 10.1. The molecule has 262 valence electrons. The highest BCUT2D eigenvalue weighted by Crippen LogP contribution is 2.49. The maximum atomic E-state index is 8.72. The third-order valence-corrected chi connectivity index (χ3v) is 13.3. The number of anilines is 1. The number of hydrogen-bond acceptors (Lipinski definition) is 6. The summed E-state index contributed by atoms with van der Waals surface area (Å²) in [6, 6.07) is 25.6. The molecule has 3 N–H and O–H groups in total. The molecule has 0 fully saturated rings. The van der Waals surface area contributed by atoms with Gasteiger partial charge in [-0.25, -0.2) is 5.41 Å². The number of hydrogen-bond donors (Lipinski definition) is 2. The van der Waals surface area contributed by atoms with Crippen LogP contribution < -0.4 is 10.3 Å². The number of unbranched alkanes of at least 4 members (excludes halogenated alkanes) is 1. The first-order valence-electron chi connectivity index (χ1n) is 17.8. The molecule has 0 bridgehead atoms. The summed E-state index contributed by atoms with van der Waals surface area (Å²) in [4.78, 5) is 8.74. The zero-order valence-corrected chi connectivity index (χ0v) is 32.9. The molecule has 2 aliphatic heterocycles. The zero-order valence-electron chi connectivity index (χ0n) is 30.5. The van der Waals surface area contributed by atoms with Crippen LogP contribution in [0.15, 0.2) is 130 Å². The van der Waals surface area contributed by atoms with E-state index in [4.69, 9.17) is 15.8 Å². The van der Waals surface area contributed by atoms with E-state index in [1.807, 2.05) is 6.08 Å². The van der Waals surface area contributed by atoms with Gasteiger partial charge in [-0.15, -0.1) is 0 Å². The Balaban J connectivity index is 1.27. The van der Waals surface area contributed by atoms with Crippen LogP contribution in [0.1, 0.15) is 82.6 Å². The zero-order chi connectivity index (χ0) is 36.2. The first kappa shape index (κ1) is 37.0. The Morgan fingerprint density at radius 1 is 0.922 bits per heavy atom. The second-order valence-corrected chi connectivity index (χ2v) is 17.9. The number of benzene rings is 3. The molecule has 0 aromatic heterocycles. The van der Waals surface area contributed by atoms with Gasteiger partial charge in [0.1, 0.15) is 4.38 Å². The van der Waals surface area contributed by atoms with Gasteiger partial charge in [0.15, 0.2) is 0 Å². The standard InChI is InChI=1S/C44H48N4S3/c1-7-9-28-48-37-17-13-11-15-35(37)44(5,6)39(48)27-25-33-23-22-32(24-26-38-43(3,4)34-14-10-12-16-36(34)47-38)40(33)50-42(46)51-41(45)49-29-31-20-18-30(8-2)19-21-31/h8,10-21,24-27,45-46H,2,7,9,22-23,28-29H2,1,3-6H3/p+1/b26-24+,33-25+,39-27+,45-41?,46-42?. The van der Waals surface area contributed by atoms with Crippen molar-refractivity contribution in [1.82, 2.24) is 0 Å². The summed E-state index contributed by atoms with van der Waals surface area (Å²) >= 11 is 4.46. The Kier molecular flexibility index (Phi) is 11.5. The number of nitrogens with zero attached hydrogens (tertiary/aromatic N) is 2. The second kappa shape index (κ2) is 15.9. The van der Waals surface area contributed by atoms with E-state index in [-0.39, 0.29) is 10.8 Å². The van der Waals surface area contributed by atoms with E-state index in [1.165, 1.54) is 67.6 Å². The van der Waals surface area contributed by atoms with E-state index in [0.717, 1.165) is 54.9 Å². The maximum absolute atomic E-state index is 8.72. The summed E-state index contributed by atoms with van der Waals surface area (Å²) in [5.74, 6) is 0.726. The smallest absolute Gasteiger partial charge is 0.278 e. The number of nitrogens with two attached hydrogens (primary N) is 1. The van der Waals surface area contributed by atoms with Crippen LogP contribution in [0, 0.1) is 5.41 Å². The predicted octanol–water partition coefficient (Wildman–Crippen LogP) is 11.2. The van der Waals surface area contributed by atoms with Crippen molar-refractivity contribution in [1.29, 1.82) is 5.41 Å². The van der Waals surface area contributed by atoms with Crippen molar-refractivity contribution in [2.45, 2.75) is 76.9 Å². The highest BCUT2D eigenvalue weighted by Gasteiger charge is 2.39. The van der Waals surface area contributed by atoms with Gasteiger partial charge in [-0.3, -0.25) is 10.4 Å². The van der Waals surface area contributed by atoms with Crippen LogP contribution in [0.5, 0.6) is 0 Å². The number of allylic oxidation sites excluding steroid dienone is 7. The van der Waals surface area contributed by atoms with E-state index >= 15 is 0 Å². The Labute approximate surface area is 317 Å². The maximum Gasteiger partial charge on any atom is 0.278 e. The minimum atomic E-state index is -0.160. The van der Waals surface area contributed by atoms with Crippen molar-refractivity contribution in [3.8, 4) is 0 Å². The number of nitrogens with one attached hydrogen (secondary N) is 1. The van der Waals surface area contributed by atoms with Gasteiger partial charge in [0.05, 0.1) is 11.4 Å². The van der Waals surface area contributed by atoms with Crippen LogP contribution in [-0.2, 0) is 16.6 Å². The van der Waals surface area contributed by atoms with Crippen LogP contribution in [0.25, 0.3) is 6.08 Å². The molecule has 7 heteroatoms. The highest BCUT2D eigenvalue weighted by molar-refractivity contribution is 8.54. The average molecular weight is 730 g/mol. The molecule has 3 aliphatic rings. The summed E-state index contributed by atoms with van der Waals surface area (Å²) in [7, 11) is 0. The van der Waals surface area contributed by atoms with Gasteiger partial charge in [0.25, 0.3) is 4.38 Å². The molecule has 51 heavy (non-hydrogen) atoms. The summed E-state index contributed by atoms with van der Waals surface area (Å²) in [5, 5.41) is 15.5. The van der Waals surface area contributed by atoms with Crippen LogP contribution in [0.2, 0.25) is 0 Å². The monoisotopic (exact) mass is 729 g/mol. The van der Waals surface area contributed by atoms with Crippen LogP contribution in [0.3, 0.4) is 0 Å². The van der Waals surface area contributed by atoms with Crippen molar-refractivity contribution in [3.63, 3.8) is 0 Å². The molecule has 0 radical (unpaired) electrons. The van der Waals surface area contributed by atoms with Crippen molar-refractivity contribution >= 4 is 67.2 Å². The molecular weight excluding hydrogens is 681 g/mol. The van der Waals surface area contributed by atoms with Crippen LogP contribution >= 0.6 is 35.3 Å². The lowest BCUT2D eigenvalue weighted by Crippen LogP contribution is -2.35. The van der Waals surface area contributed by atoms with E-state index < -0.39 is 0 Å². The predicted molar refractivity (Wildman–Crippen MR) is 228 cm³/mol. The summed E-state index contributed by atoms with van der Waals surface area (Å²) in [5.41, 5.74) is 12.0. The lowest BCUT2D eigenvalue weighted by molar-refractivity contribution is -0.103. The van der Waals surface area contributed by atoms with Gasteiger partial charge < -0.3 is 4.90 Å². The highest BCUT2D eigenvalue weighted by atomic mass is 32.2. The van der Waals surface area contributed by atoms with Crippen molar-refractivity contribution < 1.29 is 5.41 Å².